The molecular weight excluding hydrogens is 362 g/mol. The third-order valence-corrected chi connectivity index (χ3v) is 4.87. The minimum absolute atomic E-state index is 0.0959. The van der Waals surface area contributed by atoms with Gasteiger partial charge in [-0.1, -0.05) is 61.5 Å². The topological polar surface area (TPSA) is 55.6 Å². The molecule has 0 saturated carbocycles. The zero-order chi connectivity index (χ0) is 21.0. The molecule has 1 amide bonds. The van der Waals surface area contributed by atoms with E-state index in [4.69, 9.17) is 4.84 Å². The van der Waals surface area contributed by atoms with Gasteiger partial charge in [0.2, 0.25) is 0 Å². The molecule has 5 heteroatoms. The molecule has 3 rings (SSSR count). The summed E-state index contributed by atoms with van der Waals surface area (Å²) in [5.41, 5.74) is 6.32. The number of nitrogens with one attached hydrogen (secondary N) is 1. The van der Waals surface area contributed by atoms with Gasteiger partial charge in [0.15, 0.2) is 0 Å². The van der Waals surface area contributed by atoms with Gasteiger partial charge >= 0.3 is 0 Å². The Labute approximate surface area is 172 Å². The molecule has 5 nitrogen and oxygen atoms in total. The van der Waals surface area contributed by atoms with Gasteiger partial charge in [0, 0.05) is 30.7 Å². The van der Waals surface area contributed by atoms with Gasteiger partial charge in [-0.25, -0.2) is 0 Å². The first-order chi connectivity index (χ1) is 13.9. The van der Waals surface area contributed by atoms with E-state index in [0.29, 0.717) is 5.56 Å². The van der Waals surface area contributed by atoms with Crippen LogP contribution < -0.4 is 5.32 Å². The number of hydrogen-bond donors (Lipinski definition) is 1. The lowest BCUT2D eigenvalue weighted by Crippen LogP contribution is -2.14. The lowest BCUT2D eigenvalue weighted by molar-refractivity contribution is 0.102. The van der Waals surface area contributed by atoms with Crippen LogP contribution in [0.2, 0.25) is 0 Å². The SMILES string of the molecule is CO/N=C(\C)c1ccc(-c2ccccc2NC(=O)c2cn(C)cc2C(C)C)cc1. The molecule has 2 aromatic carbocycles. The van der Waals surface area contributed by atoms with Crippen molar-refractivity contribution in [3.05, 3.63) is 77.6 Å². The molecule has 0 aliphatic heterocycles. The second-order valence-electron chi connectivity index (χ2n) is 7.38. The zero-order valence-electron chi connectivity index (χ0n) is 17.6. The van der Waals surface area contributed by atoms with Crippen LogP contribution in [0, 0.1) is 0 Å². The molecule has 0 unspecified atom stereocenters. The highest BCUT2D eigenvalue weighted by Crippen LogP contribution is 2.29. The van der Waals surface area contributed by atoms with Crippen LogP contribution in [0.3, 0.4) is 0 Å². The Bertz CT molecular complexity index is 1030. The lowest BCUT2D eigenvalue weighted by atomic mass is 10.00. The average molecular weight is 389 g/mol. The number of para-hydroxylation sites is 1. The fraction of sp³-hybridized carbons (Fsp3) is 0.250. The van der Waals surface area contributed by atoms with Crippen LogP contribution in [-0.2, 0) is 11.9 Å². The summed E-state index contributed by atoms with van der Waals surface area (Å²) in [6.45, 7) is 6.09. The summed E-state index contributed by atoms with van der Waals surface area (Å²) >= 11 is 0. The van der Waals surface area contributed by atoms with Crippen molar-refractivity contribution in [1.29, 1.82) is 0 Å². The minimum atomic E-state index is -0.0959. The summed E-state index contributed by atoms with van der Waals surface area (Å²) in [4.78, 5) is 17.8. The number of hydrogen-bond acceptors (Lipinski definition) is 3. The van der Waals surface area contributed by atoms with Crippen LogP contribution in [0.5, 0.6) is 0 Å². The molecule has 0 aliphatic carbocycles. The Morgan fingerprint density at radius 2 is 1.76 bits per heavy atom. The van der Waals surface area contributed by atoms with Crippen LogP contribution in [0.25, 0.3) is 11.1 Å². The minimum Gasteiger partial charge on any atom is -0.399 e. The van der Waals surface area contributed by atoms with Gasteiger partial charge < -0.3 is 14.7 Å². The fourth-order valence-electron chi connectivity index (χ4n) is 3.37. The Balaban J connectivity index is 1.90. The van der Waals surface area contributed by atoms with Gasteiger partial charge in [-0.2, -0.15) is 0 Å². The molecule has 0 radical (unpaired) electrons. The maximum absolute atomic E-state index is 13.0. The maximum atomic E-state index is 13.0. The summed E-state index contributed by atoms with van der Waals surface area (Å²) in [6.07, 6.45) is 3.88. The monoisotopic (exact) mass is 389 g/mol. The first-order valence-corrected chi connectivity index (χ1v) is 9.65. The maximum Gasteiger partial charge on any atom is 0.257 e. The van der Waals surface area contributed by atoms with Gasteiger partial charge in [0.05, 0.1) is 11.3 Å². The van der Waals surface area contributed by atoms with E-state index < -0.39 is 0 Å². The smallest absolute Gasteiger partial charge is 0.257 e. The van der Waals surface area contributed by atoms with Crippen molar-refractivity contribution in [2.24, 2.45) is 12.2 Å². The number of aromatic nitrogens is 1. The molecule has 1 N–H and O–H groups in total. The second-order valence-corrected chi connectivity index (χ2v) is 7.38. The highest BCUT2D eigenvalue weighted by Gasteiger charge is 2.17. The van der Waals surface area contributed by atoms with E-state index >= 15 is 0 Å². The van der Waals surface area contributed by atoms with E-state index in [-0.39, 0.29) is 11.8 Å². The molecule has 0 fully saturated rings. The third kappa shape index (κ3) is 4.57. The largest absolute Gasteiger partial charge is 0.399 e. The van der Waals surface area contributed by atoms with Gasteiger partial charge in [-0.05, 0) is 35.6 Å². The molecule has 1 heterocycles. The number of carbonyl (C=O) groups is 1. The van der Waals surface area contributed by atoms with Gasteiger partial charge in [0.25, 0.3) is 5.91 Å². The third-order valence-electron chi connectivity index (χ3n) is 4.87. The van der Waals surface area contributed by atoms with Crippen molar-refractivity contribution in [3.63, 3.8) is 0 Å². The quantitative estimate of drug-likeness (QED) is 0.451. The fourth-order valence-corrected chi connectivity index (χ4v) is 3.37. The highest BCUT2D eigenvalue weighted by molar-refractivity contribution is 6.07. The van der Waals surface area contributed by atoms with E-state index in [9.17, 15) is 4.79 Å². The molecule has 0 spiro atoms. The van der Waals surface area contributed by atoms with E-state index in [1.54, 1.807) is 0 Å². The average Bonchev–Trinajstić information content (AvgIpc) is 3.11. The Hall–Kier alpha value is -3.34. The standard InChI is InChI=1S/C24H27N3O2/c1-16(2)21-14-27(4)15-22(21)24(28)25-23-9-7-6-8-20(23)19-12-10-18(11-13-19)17(3)26-29-5/h6-16H,1-5H3,(H,25,28)/b26-17+. The molecule has 0 aliphatic rings. The number of carbonyl (C=O) groups excluding carboxylic acids is 1. The molecule has 0 bridgehead atoms. The summed E-state index contributed by atoms with van der Waals surface area (Å²) in [6, 6.07) is 15.9. The van der Waals surface area contributed by atoms with Crippen LogP contribution in [0.1, 0.15) is 48.2 Å². The van der Waals surface area contributed by atoms with Crippen molar-refractivity contribution in [1.82, 2.24) is 4.57 Å². The number of oxime groups is 1. The molecule has 3 aromatic rings. The summed E-state index contributed by atoms with van der Waals surface area (Å²) in [5.74, 6) is 0.179. The van der Waals surface area contributed by atoms with Crippen molar-refractivity contribution in [2.75, 3.05) is 12.4 Å². The summed E-state index contributed by atoms with van der Waals surface area (Å²) in [7, 11) is 3.47. The predicted octanol–water partition coefficient (Wildman–Crippen LogP) is 5.44. The van der Waals surface area contributed by atoms with Crippen LogP contribution in [0.15, 0.2) is 66.1 Å². The number of benzene rings is 2. The first-order valence-electron chi connectivity index (χ1n) is 9.65. The van der Waals surface area contributed by atoms with Gasteiger partial charge in [-0.15, -0.1) is 0 Å². The Kier molecular flexibility index (Phi) is 6.17. The second kappa shape index (κ2) is 8.78. The molecule has 0 atom stereocenters. The van der Waals surface area contributed by atoms with Crippen LogP contribution >= 0.6 is 0 Å². The van der Waals surface area contributed by atoms with Crippen LogP contribution in [-0.4, -0.2) is 23.3 Å². The molecule has 0 saturated heterocycles. The number of nitrogens with zero attached hydrogens (tertiary/aromatic N) is 2. The zero-order valence-corrected chi connectivity index (χ0v) is 17.6. The molecule has 1 aromatic heterocycles. The van der Waals surface area contributed by atoms with E-state index in [0.717, 1.165) is 33.7 Å². The molecule has 150 valence electrons. The number of rotatable bonds is 6. The summed E-state index contributed by atoms with van der Waals surface area (Å²) in [5, 5.41) is 7.07. The molecule has 29 heavy (non-hydrogen) atoms. The van der Waals surface area contributed by atoms with Crippen molar-refractivity contribution >= 4 is 17.3 Å². The highest BCUT2D eigenvalue weighted by atomic mass is 16.6. The van der Waals surface area contributed by atoms with Gasteiger partial charge in [-0.3, -0.25) is 4.79 Å². The number of aryl methyl sites for hydroxylation is 1. The summed E-state index contributed by atoms with van der Waals surface area (Å²) < 4.78 is 1.93. The number of amides is 1. The van der Waals surface area contributed by atoms with Crippen molar-refractivity contribution < 1.29 is 9.63 Å². The Morgan fingerprint density at radius 3 is 2.41 bits per heavy atom. The van der Waals surface area contributed by atoms with Crippen molar-refractivity contribution in [2.45, 2.75) is 26.7 Å². The first kappa shape index (κ1) is 20.4. The van der Waals surface area contributed by atoms with E-state index in [1.807, 2.05) is 79.5 Å². The normalized spacial score (nSPS) is 11.6. The lowest BCUT2D eigenvalue weighted by Gasteiger charge is -2.13. The molecular formula is C24H27N3O2. The van der Waals surface area contributed by atoms with Gasteiger partial charge in [0.1, 0.15) is 7.11 Å². The van der Waals surface area contributed by atoms with Crippen LogP contribution in [0.4, 0.5) is 5.69 Å². The predicted molar refractivity (Wildman–Crippen MR) is 119 cm³/mol. The van der Waals surface area contributed by atoms with E-state index in [2.05, 4.69) is 24.3 Å². The Morgan fingerprint density at radius 1 is 1.07 bits per heavy atom. The van der Waals surface area contributed by atoms with E-state index in [1.165, 1.54) is 7.11 Å². The van der Waals surface area contributed by atoms with Crippen molar-refractivity contribution in [3.8, 4) is 11.1 Å². The number of anilines is 1.